The van der Waals surface area contributed by atoms with Crippen LogP contribution in [0.15, 0.2) is 36.0 Å². The van der Waals surface area contributed by atoms with Crippen molar-refractivity contribution in [2.24, 2.45) is 5.92 Å². The van der Waals surface area contributed by atoms with E-state index in [0.29, 0.717) is 34.0 Å². The van der Waals surface area contributed by atoms with Crippen LogP contribution in [0.2, 0.25) is 0 Å². The number of aryl methyl sites for hydroxylation is 1. The molecule has 0 fully saturated rings. The van der Waals surface area contributed by atoms with Crippen LogP contribution in [0.25, 0.3) is 0 Å². The minimum atomic E-state index is -0.167. The Balaban J connectivity index is 1.41. The number of ether oxygens (including phenoxy) is 1. The lowest BCUT2D eigenvalue weighted by atomic mass is 9.89. The summed E-state index contributed by atoms with van der Waals surface area (Å²) in [6.45, 7) is 10.9. The zero-order valence-electron chi connectivity index (χ0n) is 20.3. The lowest BCUT2D eigenvalue weighted by molar-refractivity contribution is -0.113. The van der Waals surface area contributed by atoms with Crippen molar-refractivity contribution in [1.29, 1.82) is 5.26 Å². The summed E-state index contributed by atoms with van der Waals surface area (Å²) < 4.78 is 7.91. The topological polar surface area (TPSA) is 92.8 Å². The summed E-state index contributed by atoms with van der Waals surface area (Å²) in [6.07, 6.45) is 4.72. The second kappa shape index (κ2) is 11.1. The zero-order valence-corrected chi connectivity index (χ0v) is 21.9. The van der Waals surface area contributed by atoms with E-state index in [-0.39, 0.29) is 18.3 Å². The molecule has 1 aromatic carbocycles. The van der Waals surface area contributed by atoms with Gasteiger partial charge < -0.3 is 10.1 Å². The number of amides is 1. The van der Waals surface area contributed by atoms with Crippen LogP contribution in [0.5, 0.6) is 5.75 Å². The summed E-state index contributed by atoms with van der Waals surface area (Å²) in [5.74, 6) is 2.08. The van der Waals surface area contributed by atoms with Crippen LogP contribution in [0.4, 0.5) is 5.00 Å². The second-order valence-corrected chi connectivity index (χ2v) is 10.8. The maximum absolute atomic E-state index is 12.8. The lowest BCUT2D eigenvalue weighted by Crippen LogP contribution is -2.15. The number of thiophene rings is 1. The van der Waals surface area contributed by atoms with Gasteiger partial charge in [-0.25, -0.2) is 0 Å². The maximum Gasteiger partial charge on any atom is 0.235 e. The molecule has 1 atom stereocenters. The van der Waals surface area contributed by atoms with Crippen molar-refractivity contribution in [2.45, 2.75) is 58.3 Å². The molecule has 0 spiro atoms. The molecule has 182 valence electrons. The van der Waals surface area contributed by atoms with Gasteiger partial charge in [0.05, 0.1) is 11.3 Å². The molecule has 0 radical (unpaired) electrons. The Bertz CT molecular complexity index is 1290. The first-order valence-corrected chi connectivity index (χ1v) is 13.4. The number of thioether (sulfide) groups is 1. The quantitative estimate of drug-likeness (QED) is 0.306. The number of fused-ring (bicyclic) bond motifs is 1. The van der Waals surface area contributed by atoms with Crippen LogP contribution in [-0.4, -0.2) is 26.4 Å². The van der Waals surface area contributed by atoms with Crippen molar-refractivity contribution in [3.63, 3.8) is 0 Å². The van der Waals surface area contributed by atoms with Crippen molar-refractivity contribution < 1.29 is 9.53 Å². The van der Waals surface area contributed by atoms with Crippen LogP contribution < -0.4 is 10.1 Å². The summed E-state index contributed by atoms with van der Waals surface area (Å²) in [6, 6.07) is 8.25. The summed E-state index contributed by atoms with van der Waals surface area (Å²) >= 11 is 2.84. The van der Waals surface area contributed by atoms with Gasteiger partial charge >= 0.3 is 0 Å². The third-order valence-corrected chi connectivity index (χ3v) is 8.36. The van der Waals surface area contributed by atoms with Gasteiger partial charge in [0, 0.05) is 11.4 Å². The van der Waals surface area contributed by atoms with Crippen molar-refractivity contribution in [3.8, 4) is 11.8 Å². The Morgan fingerprint density at radius 3 is 3.03 bits per heavy atom. The van der Waals surface area contributed by atoms with Crippen molar-refractivity contribution >= 4 is 34.0 Å². The SMILES string of the molecule is C=CCn1c(COc2cccc(C)c2C)nnc1SCC(=O)Nc1sc2c(c1C#N)CCC(C)C2. The molecular weight excluding hydrogens is 478 g/mol. The van der Waals surface area contributed by atoms with Gasteiger partial charge in [-0.2, -0.15) is 5.26 Å². The standard InChI is InChI=1S/C26H29N5O2S2/c1-5-11-31-23(14-33-21-8-6-7-17(3)18(21)4)29-30-26(31)34-15-24(32)28-25-20(13-27)19-10-9-16(2)12-22(19)35-25/h5-8,16H,1,9-12,14-15H2,2-4H3,(H,28,32). The van der Waals surface area contributed by atoms with E-state index in [1.165, 1.54) is 28.0 Å². The highest BCUT2D eigenvalue weighted by Gasteiger charge is 2.25. The van der Waals surface area contributed by atoms with Crippen molar-refractivity contribution in [3.05, 3.63) is 63.8 Å². The van der Waals surface area contributed by atoms with Crippen molar-refractivity contribution in [2.75, 3.05) is 11.1 Å². The summed E-state index contributed by atoms with van der Waals surface area (Å²) in [5.41, 5.74) is 3.99. The lowest BCUT2D eigenvalue weighted by Gasteiger charge is -2.17. The van der Waals surface area contributed by atoms with E-state index < -0.39 is 0 Å². The highest BCUT2D eigenvalue weighted by Crippen LogP contribution is 2.39. The van der Waals surface area contributed by atoms with Gasteiger partial charge in [0.25, 0.3) is 0 Å². The third-order valence-electron chi connectivity index (χ3n) is 6.23. The van der Waals surface area contributed by atoms with Crippen LogP contribution >= 0.6 is 23.1 Å². The van der Waals surface area contributed by atoms with Gasteiger partial charge in [-0.15, -0.1) is 28.1 Å². The molecule has 2 aromatic heterocycles. The zero-order chi connectivity index (χ0) is 24.9. The smallest absolute Gasteiger partial charge is 0.235 e. The Labute approximate surface area is 214 Å². The Morgan fingerprint density at radius 2 is 2.26 bits per heavy atom. The molecule has 7 nitrogen and oxygen atoms in total. The molecule has 0 bridgehead atoms. The first kappa shape index (κ1) is 25.0. The predicted molar refractivity (Wildman–Crippen MR) is 140 cm³/mol. The van der Waals surface area contributed by atoms with E-state index in [9.17, 15) is 10.1 Å². The van der Waals surface area contributed by atoms with E-state index in [1.807, 2.05) is 36.6 Å². The predicted octanol–water partition coefficient (Wildman–Crippen LogP) is 5.45. The minimum absolute atomic E-state index is 0.164. The fraction of sp³-hybridized carbons (Fsp3) is 0.385. The molecule has 1 unspecified atom stereocenters. The Morgan fingerprint density at radius 1 is 1.43 bits per heavy atom. The molecule has 0 saturated heterocycles. The summed E-state index contributed by atoms with van der Waals surface area (Å²) in [5, 5.41) is 22.5. The molecule has 3 aromatic rings. The number of hydrogen-bond donors (Lipinski definition) is 1. The van der Waals surface area contributed by atoms with Crippen LogP contribution in [0.1, 0.15) is 46.3 Å². The van der Waals surface area contributed by atoms with Gasteiger partial charge in [-0.05, 0) is 61.8 Å². The molecule has 1 aliphatic rings. The Kier molecular flexibility index (Phi) is 7.93. The highest BCUT2D eigenvalue weighted by atomic mass is 32.2. The number of carbonyl (C=O) groups is 1. The maximum atomic E-state index is 12.8. The number of rotatable bonds is 9. The first-order chi connectivity index (χ1) is 16.9. The molecule has 4 rings (SSSR count). The van der Waals surface area contributed by atoms with E-state index in [0.717, 1.165) is 41.7 Å². The van der Waals surface area contributed by atoms with Gasteiger partial charge in [0.1, 0.15) is 23.4 Å². The number of benzene rings is 1. The molecule has 1 aliphatic carbocycles. The van der Waals surface area contributed by atoms with Crippen LogP contribution in [-0.2, 0) is 30.8 Å². The molecule has 35 heavy (non-hydrogen) atoms. The molecule has 0 aliphatic heterocycles. The largest absolute Gasteiger partial charge is 0.485 e. The second-order valence-electron chi connectivity index (χ2n) is 8.79. The number of carbonyl (C=O) groups excluding carboxylic acids is 1. The van der Waals surface area contributed by atoms with Crippen molar-refractivity contribution in [1.82, 2.24) is 14.8 Å². The number of aromatic nitrogens is 3. The van der Waals surface area contributed by atoms with Gasteiger partial charge in [-0.1, -0.05) is 36.9 Å². The number of anilines is 1. The molecule has 2 heterocycles. The fourth-order valence-electron chi connectivity index (χ4n) is 4.12. The monoisotopic (exact) mass is 507 g/mol. The molecule has 9 heteroatoms. The highest BCUT2D eigenvalue weighted by molar-refractivity contribution is 7.99. The van der Waals surface area contributed by atoms with Gasteiger partial charge in [0.2, 0.25) is 5.91 Å². The Hall–Kier alpha value is -3.09. The van der Waals surface area contributed by atoms with E-state index in [4.69, 9.17) is 4.74 Å². The van der Waals surface area contributed by atoms with Crippen LogP contribution in [0.3, 0.4) is 0 Å². The molecule has 0 saturated carbocycles. The number of nitriles is 1. The molecule has 1 amide bonds. The van der Waals surface area contributed by atoms with Crippen LogP contribution in [0, 0.1) is 31.1 Å². The van der Waals surface area contributed by atoms with E-state index in [1.54, 1.807) is 6.08 Å². The normalized spacial score (nSPS) is 14.7. The average Bonchev–Trinajstić information content (AvgIpc) is 3.38. The number of hydrogen-bond acceptors (Lipinski definition) is 7. The third kappa shape index (κ3) is 5.60. The molecule has 1 N–H and O–H groups in total. The van der Waals surface area contributed by atoms with Gasteiger partial charge in [0.15, 0.2) is 11.0 Å². The number of nitrogens with zero attached hydrogens (tertiary/aromatic N) is 4. The number of nitrogens with one attached hydrogen (secondary N) is 1. The van der Waals surface area contributed by atoms with Gasteiger partial charge in [-0.3, -0.25) is 9.36 Å². The summed E-state index contributed by atoms with van der Waals surface area (Å²) in [7, 11) is 0. The molecular formula is C26H29N5O2S2. The van der Waals surface area contributed by atoms with E-state index >= 15 is 0 Å². The summed E-state index contributed by atoms with van der Waals surface area (Å²) in [4.78, 5) is 14.0. The first-order valence-electron chi connectivity index (χ1n) is 11.6. The fourth-order valence-corrected chi connectivity index (χ4v) is 6.26. The number of allylic oxidation sites excluding steroid dienone is 1. The minimum Gasteiger partial charge on any atom is -0.485 e. The average molecular weight is 508 g/mol. The van der Waals surface area contributed by atoms with E-state index in [2.05, 4.69) is 35.1 Å².